The number of likely N-dealkylation sites (N-methyl/N-ethyl adjacent to an activating group) is 1. The van der Waals surface area contributed by atoms with Crippen molar-refractivity contribution >= 4 is 39.1 Å². The lowest BCUT2D eigenvalue weighted by Gasteiger charge is -2.31. The van der Waals surface area contributed by atoms with Crippen molar-refractivity contribution in [1.82, 2.24) is 10.2 Å². The van der Waals surface area contributed by atoms with Crippen LogP contribution in [0.4, 0.5) is 5.69 Å². The zero-order valence-corrected chi connectivity index (χ0v) is 19.4. The summed E-state index contributed by atoms with van der Waals surface area (Å²) in [5.41, 5.74) is 0.918. The highest BCUT2D eigenvalue weighted by atomic mass is 35.5. The Labute approximate surface area is 187 Å². The van der Waals surface area contributed by atoms with Gasteiger partial charge in [0.2, 0.25) is 21.8 Å². The summed E-state index contributed by atoms with van der Waals surface area (Å²) in [5, 5.41) is 2.96. The van der Waals surface area contributed by atoms with Crippen LogP contribution in [0.15, 0.2) is 48.5 Å². The molecule has 0 fully saturated rings. The zero-order valence-electron chi connectivity index (χ0n) is 17.8. The molecule has 0 unspecified atom stereocenters. The Balaban J connectivity index is 2.41. The van der Waals surface area contributed by atoms with Crippen LogP contribution >= 0.6 is 11.6 Å². The highest BCUT2D eigenvalue weighted by Crippen LogP contribution is 2.24. The van der Waals surface area contributed by atoms with E-state index in [1.165, 1.54) is 25.1 Å². The van der Waals surface area contributed by atoms with Crippen molar-refractivity contribution in [2.75, 3.05) is 31.3 Å². The fraction of sp³-hybridized carbons (Fsp3) is 0.333. The molecule has 2 amide bonds. The lowest BCUT2D eigenvalue weighted by Crippen LogP contribution is -2.50. The summed E-state index contributed by atoms with van der Waals surface area (Å²) in [5.74, 6) is -0.484. The van der Waals surface area contributed by atoms with Crippen LogP contribution in [0.1, 0.15) is 12.5 Å². The minimum Gasteiger partial charge on any atom is -0.497 e. The van der Waals surface area contributed by atoms with Gasteiger partial charge < -0.3 is 15.0 Å². The molecule has 0 saturated carbocycles. The third-order valence-electron chi connectivity index (χ3n) is 4.73. The van der Waals surface area contributed by atoms with Crippen LogP contribution in [-0.2, 0) is 26.2 Å². The third kappa shape index (κ3) is 6.35. The smallest absolute Gasteiger partial charge is 0.244 e. The van der Waals surface area contributed by atoms with Crippen LogP contribution in [0.2, 0.25) is 5.02 Å². The van der Waals surface area contributed by atoms with Gasteiger partial charge in [-0.25, -0.2) is 8.42 Å². The highest BCUT2D eigenvalue weighted by molar-refractivity contribution is 7.92. The lowest BCUT2D eigenvalue weighted by molar-refractivity contribution is -0.139. The van der Waals surface area contributed by atoms with E-state index in [2.05, 4.69) is 5.32 Å². The first-order chi connectivity index (χ1) is 14.6. The van der Waals surface area contributed by atoms with Gasteiger partial charge in [-0.3, -0.25) is 13.9 Å². The summed E-state index contributed by atoms with van der Waals surface area (Å²) < 4.78 is 31.1. The number of sulfonamides is 1. The van der Waals surface area contributed by atoms with Gasteiger partial charge >= 0.3 is 0 Å². The number of carbonyl (C=O) groups is 2. The van der Waals surface area contributed by atoms with Gasteiger partial charge in [0.05, 0.1) is 19.1 Å². The van der Waals surface area contributed by atoms with E-state index in [4.69, 9.17) is 16.3 Å². The van der Waals surface area contributed by atoms with Gasteiger partial charge in [-0.05, 0) is 30.7 Å². The van der Waals surface area contributed by atoms with Gasteiger partial charge in [0.15, 0.2) is 0 Å². The number of ether oxygens (including phenoxy) is 1. The molecule has 0 aliphatic carbocycles. The number of anilines is 1. The summed E-state index contributed by atoms with van der Waals surface area (Å²) >= 11 is 6.24. The van der Waals surface area contributed by atoms with Crippen molar-refractivity contribution in [3.8, 4) is 5.75 Å². The molecule has 0 aliphatic heterocycles. The van der Waals surface area contributed by atoms with E-state index >= 15 is 0 Å². The molecule has 0 saturated heterocycles. The fourth-order valence-corrected chi connectivity index (χ4v) is 4.02. The van der Waals surface area contributed by atoms with Crippen molar-refractivity contribution in [3.63, 3.8) is 0 Å². The summed E-state index contributed by atoms with van der Waals surface area (Å²) in [6.07, 6.45) is 1.01. The van der Waals surface area contributed by atoms with Gasteiger partial charge in [0.1, 0.15) is 18.3 Å². The van der Waals surface area contributed by atoms with E-state index in [1.54, 1.807) is 49.4 Å². The molecule has 0 aromatic heterocycles. The Hall–Kier alpha value is -2.78. The third-order valence-corrected chi connectivity index (χ3v) is 6.24. The maximum absolute atomic E-state index is 13.3. The number of rotatable bonds is 9. The molecule has 0 heterocycles. The van der Waals surface area contributed by atoms with Crippen LogP contribution in [-0.4, -0.2) is 58.1 Å². The lowest BCUT2D eigenvalue weighted by atomic mass is 10.1. The molecule has 0 spiro atoms. The summed E-state index contributed by atoms with van der Waals surface area (Å²) in [6, 6.07) is 12.5. The second kappa shape index (κ2) is 10.5. The number of nitrogens with zero attached hydrogens (tertiary/aromatic N) is 2. The molecule has 2 aromatic rings. The maximum Gasteiger partial charge on any atom is 0.244 e. The summed E-state index contributed by atoms with van der Waals surface area (Å²) in [6.45, 7) is 1.13. The molecule has 0 radical (unpaired) electrons. The van der Waals surface area contributed by atoms with Crippen molar-refractivity contribution in [1.29, 1.82) is 0 Å². The van der Waals surface area contributed by atoms with Crippen LogP contribution in [0, 0.1) is 0 Å². The fourth-order valence-electron chi connectivity index (χ4n) is 2.98. The maximum atomic E-state index is 13.3. The molecular weight excluding hydrogens is 442 g/mol. The van der Waals surface area contributed by atoms with Crippen LogP contribution in [0.3, 0.4) is 0 Å². The average Bonchev–Trinajstić information content (AvgIpc) is 2.74. The summed E-state index contributed by atoms with van der Waals surface area (Å²) in [4.78, 5) is 26.9. The number of benzene rings is 2. The first kappa shape index (κ1) is 24.5. The SMILES string of the molecule is CNC(=O)[C@H](C)N(Cc1ccccc1Cl)C(=O)CN(c1cccc(OC)c1)S(C)(=O)=O. The Morgan fingerprint density at radius 2 is 1.84 bits per heavy atom. The van der Waals surface area contributed by atoms with E-state index in [-0.39, 0.29) is 18.1 Å². The van der Waals surface area contributed by atoms with Crippen LogP contribution in [0.5, 0.6) is 5.75 Å². The number of carbonyl (C=O) groups excluding carboxylic acids is 2. The second-order valence-electron chi connectivity index (χ2n) is 6.87. The van der Waals surface area contributed by atoms with Crippen molar-refractivity contribution < 1.29 is 22.7 Å². The predicted octanol–water partition coefficient (Wildman–Crippen LogP) is 2.28. The van der Waals surface area contributed by atoms with Gasteiger partial charge in [-0.15, -0.1) is 0 Å². The molecule has 31 heavy (non-hydrogen) atoms. The Bertz CT molecular complexity index is 1040. The van der Waals surface area contributed by atoms with E-state index in [0.717, 1.165) is 10.6 Å². The monoisotopic (exact) mass is 467 g/mol. The average molecular weight is 468 g/mol. The largest absolute Gasteiger partial charge is 0.497 e. The standard InChI is InChI=1S/C21H26ClN3O5S/c1-15(21(27)23-2)24(13-16-8-5-6-11-19(16)22)20(26)14-25(31(4,28)29)17-9-7-10-18(12-17)30-3/h5-12,15H,13-14H2,1-4H3,(H,23,27)/t15-/m0/s1. The Kier molecular flexibility index (Phi) is 8.29. The van der Waals surface area contributed by atoms with E-state index < -0.39 is 28.5 Å². The van der Waals surface area contributed by atoms with E-state index in [0.29, 0.717) is 16.3 Å². The number of hydrogen-bond acceptors (Lipinski definition) is 5. The minimum atomic E-state index is -3.80. The number of hydrogen-bond donors (Lipinski definition) is 1. The Morgan fingerprint density at radius 3 is 2.42 bits per heavy atom. The summed E-state index contributed by atoms with van der Waals surface area (Å²) in [7, 11) is -0.868. The predicted molar refractivity (Wildman–Crippen MR) is 121 cm³/mol. The number of nitrogens with one attached hydrogen (secondary N) is 1. The zero-order chi connectivity index (χ0) is 23.2. The van der Waals surface area contributed by atoms with Crippen molar-refractivity contribution in [3.05, 3.63) is 59.1 Å². The Morgan fingerprint density at radius 1 is 1.16 bits per heavy atom. The van der Waals surface area contributed by atoms with Crippen LogP contribution in [0.25, 0.3) is 0 Å². The quantitative estimate of drug-likeness (QED) is 0.610. The molecule has 8 nitrogen and oxygen atoms in total. The first-order valence-corrected chi connectivity index (χ1v) is 11.7. The molecule has 10 heteroatoms. The molecule has 1 N–H and O–H groups in total. The van der Waals surface area contributed by atoms with E-state index in [9.17, 15) is 18.0 Å². The highest BCUT2D eigenvalue weighted by Gasteiger charge is 2.30. The number of methoxy groups -OCH3 is 1. The van der Waals surface area contributed by atoms with Gasteiger partial charge in [0.25, 0.3) is 0 Å². The van der Waals surface area contributed by atoms with Crippen molar-refractivity contribution in [2.24, 2.45) is 0 Å². The second-order valence-corrected chi connectivity index (χ2v) is 9.19. The molecule has 1 atom stereocenters. The molecule has 0 aliphatic rings. The molecule has 0 bridgehead atoms. The molecule has 168 valence electrons. The van der Waals surface area contributed by atoms with Gasteiger partial charge in [0, 0.05) is 24.7 Å². The molecule has 2 aromatic carbocycles. The minimum absolute atomic E-state index is 0.0445. The number of amides is 2. The topological polar surface area (TPSA) is 96.0 Å². The normalized spacial score (nSPS) is 12.0. The van der Waals surface area contributed by atoms with E-state index in [1.807, 2.05) is 0 Å². The van der Waals surface area contributed by atoms with Crippen LogP contribution < -0.4 is 14.4 Å². The molecule has 2 rings (SSSR count). The number of halogens is 1. The van der Waals surface area contributed by atoms with Crippen molar-refractivity contribution in [2.45, 2.75) is 19.5 Å². The van der Waals surface area contributed by atoms with Gasteiger partial charge in [-0.1, -0.05) is 35.9 Å². The first-order valence-electron chi connectivity index (χ1n) is 9.44. The van der Waals surface area contributed by atoms with Gasteiger partial charge in [-0.2, -0.15) is 0 Å². The molecular formula is C21H26ClN3O5S.